The van der Waals surface area contributed by atoms with E-state index in [1.165, 1.54) is 0 Å². The topological polar surface area (TPSA) is 42.0 Å². The molecule has 1 amide bonds. The molecule has 1 rings (SSSR count). The van der Waals surface area contributed by atoms with Crippen molar-refractivity contribution in [2.45, 2.75) is 11.8 Å². The summed E-state index contributed by atoms with van der Waals surface area (Å²) in [5.41, 5.74) is 0. The number of hydrogen-bond acceptors (Lipinski definition) is 2. The van der Waals surface area contributed by atoms with E-state index in [1.54, 1.807) is 19.2 Å². The normalized spacial score (nSPS) is 12.2. The van der Waals surface area contributed by atoms with Crippen LogP contribution in [0, 0.1) is 0 Å². The van der Waals surface area contributed by atoms with Crippen molar-refractivity contribution in [3.05, 3.63) is 22.8 Å². The van der Waals surface area contributed by atoms with Crippen LogP contribution >= 0.6 is 31.9 Å². The number of nitrogens with one attached hydrogen (secondary N) is 1. The molecule has 1 atom stereocenters. The second-order valence-corrected chi connectivity index (χ2v) is 4.76. The third-order valence-corrected chi connectivity index (χ3v) is 2.22. The van der Waals surface area contributed by atoms with Crippen LogP contribution in [0.5, 0.6) is 0 Å². The van der Waals surface area contributed by atoms with Gasteiger partial charge in [-0.2, -0.15) is 0 Å². The van der Waals surface area contributed by atoms with Crippen LogP contribution in [-0.2, 0) is 4.79 Å². The molecule has 1 aromatic rings. The number of hydrogen-bond donors (Lipinski definition) is 1. The average molecular weight is 308 g/mol. The summed E-state index contributed by atoms with van der Waals surface area (Å²) in [4.78, 5) is 15.0. The molecule has 1 unspecified atom stereocenters. The number of carbonyl (C=O) groups excluding carboxylic acids is 1. The van der Waals surface area contributed by atoms with Crippen molar-refractivity contribution in [2.75, 3.05) is 5.32 Å². The minimum absolute atomic E-state index is 0.102. The Kier molecular flexibility index (Phi) is 3.87. The quantitative estimate of drug-likeness (QED) is 0.853. The van der Waals surface area contributed by atoms with Gasteiger partial charge in [-0.3, -0.25) is 4.79 Å². The number of anilines is 1. The number of rotatable bonds is 2. The fourth-order valence-corrected chi connectivity index (χ4v) is 1.02. The number of aromatic nitrogens is 1. The summed E-state index contributed by atoms with van der Waals surface area (Å²) in [6.07, 6.45) is 1.63. The van der Waals surface area contributed by atoms with Gasteiger partial charge in [0.15, 0.2) is 0 Å². The molecule has 0 saturated heterocycles. The van der Waals surface area contributed by atoms with Gasteiger partial charge in [0.1, 0.15) is 5.82 Å². The van der Waals surface area contributed by atoms with E-state index in [-0.39, 0.29) is 10.7 Å². The first kappa shape index (κ1) is 10.7. The van der Waals surface area contributed by atoms with Crippen molar-refractivity contribution in [2.24, 2.45) is 0 Å². The number of nitrogens with zero attached hydrogens (tertiary/aromatic N) is 1. The Labute approximate surface area is 93.2 Å². The molecule has 5 heteroatoms. The fraction of sp³-hybridized carbons (Fsp3) is 0.250. The van der Waals surface area contributed by atoms with Crippen LogP contribution in [-0.4, -0.2) is 15.7 Å². The maximum absolute atomic E-state index is 11.2. The van der Waals surface area contributed by atoms with Gasteiger partial charge in [-0.15, -0.1) is 0 Å². The van der Waals surface area contributed by atoms with E-state index in [2.05, 4.69) is 42.2 Å². The van der Waals surface area contributed by atoms with Gasteiger partial charge in [-0.1, -0.05) is 15.9 Å². The lowest BCUT2D eigenvalue weighted by Gasteiger charge is -2.04. The lowest BCUT2D eigenvalue weighted by Crippen LogP contribution is -2.20. The SMILES string of the molecule is CC(Br)C(=O)Nc1ccc(Br)cn1. The van der Waals surface area contributed by atoms with E-state index in [1.807, 2.05) is 6.07 Å². The van der Waals surface area contributed by atoms with E-state index in [0.29, 0.717) is 5.82 Å². The zero-order valence-electron chi connectivity index (χ0n) is 6.92. The molecule has 0 aromatic carbocycles. The molecular formula is C8H8Br2N2O. The summed E-state index contributed by atoms with van der Waals surface area (Å²) < 4.78 is 0.886. The van der Waals surface area contributed by atoms with E-state index < -0.39 is 0 Å². The highest BCUT2D eigenvalue weighted by molar-refractivity contribution is 9.10. The Morgan fingerprint density at radius 3 is 2.77 bits per heavy atom. The van der Waals surface area contributed by atoms with E-state index in [4.69, 9.17) is 0 Å². The highest BCUT2D eigenvalue weighted by atomic mass is 79.9. The van der Waals surface area contributed by atoms with Gasteiger partial charge >= 0.3 is 0 Å². The summed E-state index contributed by atoms with van der Waals surface area (Å²) in [6.45, 7) is 1.76. The summed E-state index contributed by atoms with van der Waals surface area (Å²) in [5.74, 6) is 0.453. The molecule has 0 bridgehead atoms. The van der Waals surface area contributed by atoms with Crippen LogP contribution in [0.1, 0.15) is 6.92 Å². The fourth-order valence-electron chi connectivity index (χ4n) is 0.675. The van der Waals surface area contributed by atoms with Crippen molar-refractivity contribution in [1.29, 1.82) is 0 Å². The van der Waals surface area contributed by atoms with Crippen LogP contribution in [0.3, 0.4) is 0 Å². The number of amides is 1. The third-order valence-electron chi connectivity index (χ3n) is 1.34. The van der Waals surface area contributed by atoms with Crippen LogP contribution in [0.15, 0.2) is 22.8 Å². The maximum Gasteiger partial charge on any atom is 0.239 e. The van der Waals surface area contributed by atoms with Crippen LogP contribution in [0.25, 0.3) is 0 Å². The van der Waals surface area contributed by atoms with Crippen molar-refractivity contribution < 1.29 is 4.79 Å². The summed E-state index contributed by atoms with van der Waals surface area (Å²) in [7, 11) is 0. The number of carbonyl (C=O) groups is 1. The molecule has 13 heavy (non-hydrogen) atoms. The Morgan fingerprint density at radius 1 is 1.62 bits per heavy atom. The van der Waals surface area contributed by atoms with Gasteiger partial charge in [0.05, 0.1) is 4.83 Å². The van der Waals surface area contributed by atoms with Gasteiger partial charge in [0.2, 0.25) is 5.91 Å². The molecule has 1 N–H and O–H groups in total. The van der Waals surface area contributed by atoms with Crippen molar-refractivity contribution >= 4 is 43.6 Å². The van der Waals surface area contributed by atoms with Crippen LogP contribution in [0.2, 0.25) is 0 Å². The smallest absolute Gasteiger partial charge is 0.239 e. The molecule has 0 fully saturated rings. The van der Waals surface area contributed by atoms with Gasteiger partial charge in [0.25, 0.3) is 0 Å². The van der Waals surface area contributed by atoms with E-state index >= 15 is 0 Å². The minimum Gasteiger partial charge on any atom is -0.310 e. The zero-order valence-corrected chi connectivity index (χ0v) is 10.1. The molecule has 1 heterocycles. The third kappa shape index (κ3) is 3.44. The first-order chi connectivity index (χ1) is 6.09. The van der Waals surface area contributed by atoms with Crippen LogP contribution < -0.4 is 5.32 Å². The van der Waals surface area contributed by atoms with E-state index in [0.717, 1.165) is 4.47 Å². The van der Waals surface area contributed by atoms with Gasteiger partial charge in [-0.05, 0) is 35.0 Å². The maximum atomic E-state index is 11.2. The van der Waals surface area contributed by atoms with E-state index in [9.17, 15) is 4.79 Å². The van der Waals surface area contributed by atoms with Crippen LogP contribution in [0.4, 0.5) is 5.82 Å². The van der Waals surface area contributed by atoms with Gasteiger partial charge in [-0.25, -0.2) is 4.98 Å². The first-order valence-electron chi connectivity index (χ1n) is 3.66. The standard InChI is InChI=1S/C8H8Br2N2O/c1-5(9)8(13)12-7-3-2-6(10)4-11-7/h2-5H,1H3,(H,11,12,13). The predicted molar refractivity (Wildman–Crippen MR) is 59.0 cm³/mol. The second-order valence-electron chi connectivity index (χ2n) is 2.47. The molecule has 0 aliphatic carbocycles. The Hall–Kier alpha value is -0.420. The number of halogens is 2. The predicted octanol–water partition coefficient (Wildman–Crippen LogP) is 2.57. The molecule has 70 valence electrons. The Morgan fingerprint density at radius 2 is 2.31 bits per heavy atom. The highest BCUT2D eigenvalue weighted by Gasteiger charge is 2.08. The molecule has 1 aromatic heterocycles. The van der Waals surface area contributed by atoms with Crippen molar-refractivity contribution in [1.82, 2.24) is 4.98 Å². The van der Waals surface area contributed by atoms with Gasteiger partial charge < -0.3 is 5.32 Å². The largest absolute Gasteiger partial charge is 0.310 e. The number of pyridine rings is 1. The Balaban J connectivity index is 2.65. The second kappa shape index (κ2) is 4.72. The molecular weight excluding hydrogens is 300 g/mol. The minimum atomic E-state index is -0.210. The molecule has 0 aliphatic rings. The average Bonchev–Trinajstić information content (AvgIpc) is 2.08. The highest BCUT2D eigenvalue weighted by Crippen LogP contribution is 2.11. The van der Waals surface area contributed by atoms with Gasteiger partial charge in [0, 0.05) is 10.7 Å². The zero-order chi connectivity index (χ0) is 9.84. The monoisotopic (exact) mass is 306 g/mol. The van der Waals surface area contributed by atoms with Crippen molar-refractivity contribution in [3.8, 4) is 0 Å². The number of alkyl halides is 1. The summed E-state index contributed by atoms with van der Waals surface area (Å²) >= 11 is 6.42. The molecule has 0 radical (unpaired) electrons. The Bertz CT molecular complexity index is 298. The molecule has 0 aliphatic heterocycles. The molecule has 0 saturated carbocycles. The summed E-state index contributed by atoms with van der Waals surface area (Å²) in [6, 6.07) is 3.55. The van der Waals surface area contributed by atoms with Crippen molar-refractivity contribution in [3.63, 3.8) is 0 Å². The molecule has 3 nitrogen and oxygen atoms in total. The lowest BCUT2D eigenvalue weighted by atomic mass is 10.4. The summed E-state index contributed by atoms with van der Waals surface area (Å²) in [5, 5.41) is 2.65. The molecule has 0 spiro atoms. The first-order valence-corrected chi connectivity index (χ1v) is 5.37. The lowest BCUT2D eigenvalue weighted by molar-refractivity contribution is -0.115.